The molecule has 0 saturated heterocycles. The number of nitrogens with zero attached hydrogens (tertiary/aromatic N) is 2. The van der Waals surface area contributed by atoms with E-state index in [1.807, 2.05) is 24.3 Å². The highest BCUT2D eigenvalue weighted by Crippen LogP contribution is 2.29. The second kappa shape index (κ2) is 5.00. The molecule has 0 amide bonds. The number of methoxy groups -OCH3 is 1. The number of benzene rings is 2. The van der Waals surface area contributed by atoms with E-state index < -0.39 is 0 Å². The number of aromatic nitrogens is 2. The fraction of sp³-hybridized carbons (Fsp3) is 0.235. The normalized spacial score (nSPS) is 10.9. The average molecular weight is 265 g/mol. The third-order valence-corrected chi connectivity index (χ3v) is 3.58. The van der Waals surface area contributed by atoms with E-state index in [4.69, 9.17) is 9.72 Å². The summed E-state index contributed by atoms with van der Waals surface area (Å²) in [5, 5.41) is 0. The average Bonchev–Trinajstić information content (AvgIpc) is 2.88. The molecule has 0 aliphatic carbocycles. The van der Waals surface area contributed by atoms with E-state index in [-0.39, 0.29) is 0 Å². The summed E-state index contributed by atoms with van der Waals surface area (Å²) in [7, 11) is 1.69. The topological polar surface area (TPSA) is 27.1 Å². The molecule has 20 heavy (non-hydrogen) atoms. The molecule has 3 rings (SSSR count). The Balaban J connectivity index is 2.34. The Morgan fingerprint density at radius 1 is 1.30 bits per heavy atom. The van der Waals surface area contributed by atoms with Crippen molar-refractivity contribution in [1.29, 1.82) is 0 Å². The molecule has 3 aromatic rings. The first-order valence-corrected chi connectivity index (χ1v) is 6.77. The van der Waals surface area contributed by atoms with Gasteiger partial charge in [-0.15, -0.1) is 0 Å². The van der Waals surface area contributed by atoms with Crippen LogP contribution in [-0.4, -0.2) is 16.7 Å². The number of ether oxygens (including phenoxy) is 1. The fourth-order valence-corrected chi connectivity index (χ4v) is 2.58. The van der Waals surface area contributed by atoms with Gasteiger partial charge in [0.05, 0.1) is 18.1 Å². The van der Waals surface area contributed by atoms with E-state index >= 15 is 0 Å². The van der Waals surface area contributed by atoms with Crippen LogP contribution in [0, 0.1) is 13.0 Å². The van der Waals surface area contributed by atoms with Gasteiger partial charge in [-0.2, -0.15) is 0 Å². The van der Waals surface area contributed by atoms with Gasteiger partial charge in [-0.3, -0.25) is 4.57 Å². The summed E-state index contributed by atoms with van der Waals surface area (Å²) in [4.78, 5) is 4.78. The maximum atomic E-state index is 5.39. The first-order valence-electron chi connectivity index (χ1n) is 6.77. The van der Waals surface area contributed by atoms with E-state index in [1.165, 1.54) is 0 Å². The van der Waals surface area contributed by atoms with Gasteiger partial charge in [0, 0.05) is 17.7 Å². The van der Waals surface area contributed by atoms with Gasteiger partial charge in [-0.25, -0.2) is 4.98 Å². The van der Waals surface area contributed by atoms with Crippen LogP contribution in [0.2, 0.25) is 0 Å². The molecule has 0 atom stereocenters. The van der Waals surface area contributed by atoms with Gasteiger partial charge in [-0.1, -0.05) is 19.1 Å². The van der Waals surface area contributed by atoms with Crippen LogP contribution in [0.5, 0.6) is 5.75 Å². The molecule has 1 radical (unpaired) electrons. The minimum atomic E-state index is 0.879. The van der Waals surface area contributed by atoms with Crippen molar-refractivity contribution in [3.05, 3.63) is 53.9 Å². The largest absolute Gasteiger partial charge is 0.496 e. The third kappa shape index (κ3) is 1.86. The Bertz CT molecular complexity index is 745. The zero-order valence-electron chi connectivity index (χ0n) is 12.0. The first-order chi connectivity index (χ1) is 9.76. The van der Waals surface area contributed by atoms with E-state index in [0.717, 1.165) is 40.3 Å². The number of aryl methyl sites for hydroxylation is 2. The smallest absolute Gasteiger partial charge is 0.124 e. The highest BCUT2D eigenvalue weighted by atomic mass is 16.5. The Kier molecular flexibility index (Phi) is 3.18. The van der Waals surface area contributed by atoms with Crippen LogP contribution < -0.4 is 4.74 Å². The predicted octanol–water partition coefficient (Wildman–Crippen LogP) is 3.71. The quantitative estimate of drug-likeness (QED) is 0.722. The molecule has 101 valence electrons. The highest BCUT2D eigenvalue weighted by molar-refractivity contribution is 5.83. The van der Waals surface area contributed by atoms with Gasteiger partial charge in [-0.05, 0) is 37.3 Å². The molecule has 0 fully saturated rings. The summed E-state index contributed by atoms with van der Waals surface area (Å²) in [6.07, 6.45) is 0.880. The monoisotopic (exact) mass is 265 g/mol. The molecule has 3 nitrogen and oxygen atoms in total. The molecule has 0 saturated carbocycles. The van der Waals surface area contributed by atoms with Gasteiger partial charge in [0.1, 0.15) is 11.6 Å². The fourth-order valence-electron chi connectivity index (χ4n) is 2.58. The molecule has 0 N–H and O–H groups in total. The van der Waals surface area contributed by atoms with E-state index in [9.17, 15) is 0 Å². The van der Waals surface area contributed by atoms with Gasteiger partial charge in [0.25, 0.3) is 0 Å². The van der Waals surface area contributed by atoms with E-state index in [1.54, 1.807) is 7.11 Å². The minimum absolute atomic E-state index is 0.879. The molecule has 0 bridgehead atoms. The Morgan fingerprint density at radius 3 is 2.80 bits per heavy atom. The minimum Gasteiger partial charge on any atom is -0.496 e. The third-order valence-electron chi connectivity index (χ3n) is 3.58. The van der Waals surface area contributed by atoms with E-state index in [2.05, 4.69) is 36.6 Å². The molecule has 2 aromatic carbocycles. The van der Waals surface area contributed by atoms with Crippen molar-refractivity contribution in [2.24, 2.45) is 0 Å². The molecule has 1 heterocycles. The second-order valence-electron chi connectivity index (χ2n) is 4.74. The zero-order chi connectivity index (χ0) is 14.1. The van der Waals surface area contributed by atoms with E-state index in [0.29, 0.717) is 0 Å². The number of hydrogen-bond donors (Lipinski definition) is 0. The first kappa shape index (κ1) is 12.7. The van der Waals surface area contributed by atoms with Crippen LogP contribution >= 0.6 is 0 Å². The zero-order valence-corrected chi connectivity index (χ0v) is 12.0. The van der Waals surface area contributed by atoms with Crippen molar-refractivity contribution in [3.8, 4) is 11.4 Å². The highest BCUT2D eigenvalue weighted by Gasteiger charge is 2.14. The number of hydrogen-bond acceptors (Lipinski definition) is 2. The maximum absolute atomic E-state index is 5.39. The summed E-state index contributed by atoms with van der Waals surface area (Å²) in [6, 6.07) is 15.2. The number of imidazole rings is 1. The van der Waals surface area contributed by atoms with Crippen LogP contribution in [-0.2, 0) is 6.42 Å². The van der Waals surface area contributed by atoms with Crippen LogP contribution in [0.4, 0.5) is 0 Å². The SMILES string of the molecule is CCc1nc2c(C)c(OC)ccc2n1-c1c[c]ccc1. The van der Waals surface area contributed by atoms with Crippen molar-refractivity contribution >= 4 is 11.0 Å². The lowest BCUT2D eigenvalue weighted by Crippen LogP contribution is -1.99. The molecular formula is C17H17N2O. The lowest BCUT2D eigenvalue weighted by atomic mass is 10.2. The van der Waals surface area contributed by atoms with Crippen molar-refractivity contribution in [2.75, 3.05) is 7.11 Å². The van der Waals surface area contributed by atoms with Gasteiger partial charge in [0.15, 0.2) is 0 Å². The standard InChI is InChI=1S/C17H17N2O/c1-4-16-18-17-12(2)15(20-3)11-10-14(17)19(16)13-8-6-5-7-9-13/h5-6,8-11H,4H2,1-3H3. The summed E-state index contributed by atoms with van der Waals surface area (Å²) in [5.74, 6) is 1.93. The van der Waals surface area contributed by atoms with Crippen LogP contribution in [0.3, 0.4) is 0 Å². The van der Waals surface area contributed by atoms with Crippen molar-refractivity contribution < 1.29 is 4.74 Å². The van der Waals surface area contributed by atoms with Crippen molar-refractivity contribution in [3.63, 3.8) is 0 Å². The molecule has 0 spiro atoms. The van der Waals surface area contributed by atoms with Crippen molar-refractivity contribution in [1.82, 2.24) is 9.55 Å². The molecule has 0 aliphatic heterocycles. The molecule has 0 aliphatic rings. The van der Waals surface area contributed by atoms with Crippen molar-refractivity contribution in [2.45, 2.75) is 20.3 Å². The molecule has 3 heteroatoms. The maximum Gasteiger partial charge on any atom is 0.124 e. The van der Waals surface area contributed by atoms with Gasteiger partial charge < -0.3 is 4.74 Å². The van der Waals surface area contributed by atoms with Crippen LogP contribution in [0.1, 0.15) is 18.3 Å². The summed E-state index contributed by atoms with van der Waals surface area (Å²) >= 11 is 0. The Labute approximate surface area is 118 Å². The lowest BCUT2D eigenvalue weighted by Gasteiger charge is -2.09. The van der Waals surface area contributed by atoms with Gasteiger partial charge in [0.2, 0.25) is 0 Å². The molecule has 0 unspecified atom stereocenters. The predicted molar refractivity (Wildman–Crippen MR) is 80.6 cm³/mol. The summed E-state index contributed by atoms with van der Waals surface area (Å²) in [6.45, 7) is 4.17. The lowest BCUT2D eigenvalue weighted by molar-refractivity contribution is 0.412. The molecular weight excluding hydrogens is 248 g/mol. The van der Waals surface area contributed by atoms with Crippen LogP contribution in [0.25, 0.3) is 16.7 Å². The summed E-state index contributed by atoms with van der Waals surface area (Å²) < 4.78 is 7.58. The summed E-state index contributed by atoms with van der Waals surface area (Å²) in [5.41, 5.74) is 4.29. The van der Waals surface area contributed by atoms with Crippen LogP contribution in [0.15, 0.2) is 36.4 Å². The Hall–Kier alpha value is -2.29. The Morgan fingerprint density at radius 2 is 2.15 bits per heavy atom. The second-order valence-corrected chi connectivity index (χ2v) is 4.74. The molecule has 1 aromatic heterocycles. The van der Waals surface area contributed by atoms with Gasteiger partial charge >= 0.3 is 0 Å². The number of rotatable bonds is 3. The number of fused-ring (bicyclic) bond motifs is 1.